The fourth-order valence-corrected chi connectivity index (χ4v) is 7.93. The predicted molar refractivity (Wildman–Crippen MR) is 352 cm³/mol. The molecule has 1 atom stereocenters. The molecule has 0 aliphatic rings. The number of ether oxygens (including phenoxy) is 3. The first-order valence-electron chi connectivity index (χ1n) is 31.9. The third-order valence-electron chi connectivity index (χ3n) is 12.6. The maximum Gasteiger partial charge on any atom is 0.306 e. The zero-order valence-electron chi connectivity index (χ0n) is 51.5. The number of carbonyl (C=O) groups is 3. The van der Waals surface area contributed by atoms with Gasteiger partial charge in [-0.2, -0.15) is 0 Å². The predicted octanol–water partition coefficient (Wildman–Crippen LogP) is 22.2. The van der Waals surface area contributed by atoms with Crippen molar-refractivity contribution in [3.63, 3.8) is 0 Å². The summed E-state index contributed by atoms with van der Waals surface area (Å²) in [4.78, 5) is 38.3. The molecular weight excluding hydrogens is 997 g/mol. The van der Waals surface area contributed by atoms with E-state index in [0.717, 1.165) is 173 Å². The smallest absolute Gasteiger partial charge is 0.306 e. The quantitative estimate of drug-likeness (QED) is 0.0261. The minimum atomic E-state index is -0.844. The Morgan fingerprint density at radius 3 is 0.741 bits per heavy atom. The standard InChI is InChI=1S/C75H114O6/c1-4-7-10-13-16-19-22-25-28-30-32-33-34-35-36-37-38-39-40-41-43-44-47-50-53-56-59-62-65-68-74(77)80-71-72(70-79-73(76)67-64-61-58-55-52-49-46-27-24-21-18-15-12-9-6-3)81-75(78)69-66-63-60-57-54-51-48-45-42-31-29-26-23-20-17-14-11-8-5-2/h7-12,16-21,25-29,32-33,35-36,38-39,41-43,45-46,51,54,60,63,72H,4-6,13-15,22-24,30-31,34,37,40,44,47-50,52-53,55-59,61-62,64-71H2,1-3H3/b10-7-,11-8-,12-9-,19-16-,20-17-,21-18-,28-25-,29-26-,33-32-,36-35-,39-38-,43-41-,45-42-,46-27-,54-51-,63-60-. The first-order chi connectivity index (χ1) is 40.0. The monoisotopic (exact) mass is 1110 g/mol. The molecule has 0 spiro atoms. The molecule has 0 saturated carbocycles. The fraction of sp³-hybridized carbons (Fsp3) is 0.533. The zero-order valence-corrected chi connectivity index (χ0v) is 51.5. The van der Waals surface area contributed by atoms with Gasteiger partial charge in [0, 0.05) is 19.3 Å². The molecular formula is C75H114O6. The van der Waals surface area contributed by atoms with E-state index in [2.05, 4.69) is 203 Å². The Morgan fingerprint density at radius 1 is 0.247 bits per heavy atom. The van der Waals surface area contributed by atoms with E-state index < -0.39 is 12.1 Å². The molecule has 0 aromatic heterocycles. The normalized spacial score (nSPS) is 13.5. The Balaban J connectivity index is 4.50. The van der Waals surface area contributed by atoms with Crippen molar-refractivity contribution in [3.8, 4) is 0 Å². The highest BCUT2D eigenvalue weighted by Crippen LogP contribution is 2.13. The second-order valence-electron chi connectivity index (χ2n) is 20.2. The van der Waals surface area contributed by atoms with E-state index in [0.29, 0.717) is 19.3 Å². The van der Waals surface area contributed by atoms with Gasteiger partial charge in [-0.3, -0.25) is 14.4 Å². The van der Waals surface area contributed by atoms with Gasteiger partial charge in [0.1, 0.15) is 13.2 Å². The summed E-state index contributed by atoms with van der Waals surface area (Å²) >= 11 is 0. The number of hydrogen-bond donors (Lipinski definition) is 0. The SMILES string of the molecule is CC/C=C\C/C=C\C/C=C\C/C=C\C/C=C\C/C=C\C/C=C\CCCCCCCCCC(=O)OCC(COC(=O)CCCCCCC/C=C\C/C=C\C/C=C\CC)OC(=O)CC/C=C\C/C=C\C/C=C\C/C=C\C/C=C\C/C=C\CC. The average molecular weight is 1110 g/mol. The molecule has 0 N–H and O–H groups in total. The number of allylic oxidation sites excluding steroid dienone is 32. The van der Waals surface area contributed by atoms with Gasteiger partial charge < -0.3 is 14.2 Å². The molecule has 0 radical (unpaired) electrons. The molecule has 1 unspecified atom stereocenters. The van der Waals surface area contributed by atoms with Crippen LogP contribution in [0.1, 0.15) is 239 Å². The van der Waals surface area contributed by atoms with Crippen molar-refractivity contribution < 1.29 is 28.6 Å². The molecule has 0 aromatic rings. The van der Waals surface area contributed by atoms with Gasteiger partial charge in [0.15, 0.2) is 6.10 Å². The molecule has 0 aliphatic carbocycles. The molecule has 0 amide bonds. The van der Waals surface area contributed by atoms with Gasteiger partial charge >= 0.3 is 17.9 Å². The number of carbonyl (C=O) groups excluding carboxylic acids is 3. The molecule has 0 heterocycles. The van der Waals surface area contributed by atoms with Crippen molar-refractivity contribution >= 4 is 17.9 Å². The van der Waals surface area contributed by atoms with Crippen LogP contribution in [0.4, 0.5) is 0 Å². The van der Waals surface area contributed by atoms with Crippen molar-refractivity contribution in [1.82, 2.24) is 0 Å². The third-order valence-corrected chi connectivity index (χ3v) is 12.6. The number of hydrogen-bond acceptors (Lipinski definition) is 6. The van der Waals surface area contributed by atoms with E-state index in [-0.39, 0.29) is 31.6 Å². The summed E-state index contributed by atoms with van der Waals surface area (Å²) in [5, 5.41) is 0. The van der Waals surface area contributed by atoms with Crippen LogP contribution in [-0.2, 0) is 28.6 Å². The van der Waals surface area contributed by atoms with Crippen LogP contribution in [0.25, 0.3) is 0 Å². The first kappa shape index (κ1) is 75.2. The Hall–Kier alpha value is -5.75. The van der Waals surface area contributed by atoms with Crippen molar-refractivity contribution in [2.45, 2.75) is 245 Å². The van der Waals surface area contributed by atoms with Crippen molar-refractivity contribution in [2.75, 3.05) is 13.2 Å². The molecule has 81 heavy (non-hydrogen) atoms. The van der Waals surface area contributed by atoms with Gasteiger partial charge in [0.05, 0.1) is 0 Å². The van der Waals surface area contributed by atoms with Gasteiger partial charge in [0.25, 0.3) is 0 Å². The van der Waals surface area contributed by atoms with Crippen LogP contribution in [0, 0.1) is 0 Å². The highest BCUT2D eigenvalue weighted by atomic mass is 16.6. The highest BCUT2D eigenvalue weighted by Gasteiger charge is 2.19. The van der Waals surface area contributed by atoms with Gasteiger partial charge in [-0.25, -0.2) is 0 Å². The van der Waals surface area contributed by atoms with Crippen molar-refractivity contribution in [3.05, 3.63) is 194 Å². The molecule has 0 fully saturated rings. The highest BCUT2D eigenvalue weighted by molar-refractivity contribution is 5.71. The maximum atomic E-state index is 12.9. The lowest BCUT2D eigenvalue weighted by Gasteiger charge is -2.18. The number of unbranched alkanes of at least 4 members (excludes halogenated alkanes) is 12. The van der Waals surface area contributed by atoms with E-state index >= 15 is 0 Å². The maximum absolute atomic E-state index is 12.9. The van der Waals surface area contributed by atoms with Crippen LogP contribution in [0.2, 0.25) is 0 Å². The summed E-state index contributed by atoms with van der Waals surface area (Å²) in [6.45, 7) is 6.20. The zero-order chi connectivity index (χ0) is 58.5. The third kappa shape index (κ3) is 64.9. The molecule has 0 bridgehead atoms. The molecule has 6 nitrogen and oxygen atoms in total. The lowest BCUT2D eigenvalue weighted by Crippen LogP contribution is -2.30. The van der Waals surface area contributed by atoms with Gasteiger partial charge in [-0.15, -0.1) is 0 Å². The van der Waals surface area contributed by atoms with Crippen LogP contribution in [0.15, 0.2) is 194 Å². The Kier molecular flexibility index (Phi) is 62.0. The Bertz CT molecular complexity index is 1950. The van der Waals surface area contributed by atoms with Crippen molar-refractivity contribution in [1.29, 1.82) is 0 Å². The second-order valence-corrected chi connectivity index (χ2v) is 20.2. The largest absolute Gasteiger partial charge is 0.462 e. The fourth-order valence-electron chi connectivity index (χ4n) is 7.93. The van der Waals surface area contributed by atoms with E-state index in [1.54, 1.807) is 0 Å². The number of rotatable bonds is 55. The summed E-state index contributed by atoms with van der Waals surface area (Å²) in [7, 11) is 0. The molecule has 0 aromatic carbocycles. The molecule has 0 rings (SSSR count). The first-order valence-corrected chi connectivity index (χ1v) is 31.9. The van der Waals surface area contributed by atoms with E-state index in [9.17, 15) is 14.4 Å². The topological polar surface area (TPSA) is 78.9 Å². The summed E-state index contributed by atoms with van der Waals surface area (Å²) in [6.07, 6.45) is 102. The van der Waals surface area contributed by atoms with E-state index in [1.807, 2.05) is 12.2 Å². The molecule has 450 valence electrons. The molecule has 0 saturated heterocycles. The van der Waals surface area contributed by atoms with E-state index in [1.165, 1.54) is 19.3 Å². The summed E-state index contributed by atoms with van der Waals surface area (Å²) in [6, 6.07) is 0. The van der Waals surface area contributed by atoms with Crippen LogP contribution in [0.5, 0.6) is 0 Å². The summed E-state index contributed by atoms with van der Waals surface area (Å²) < 4.78 is 16.8. The Labute approximate surface area is 497 Å². The van der Waals surface area contributed by atoms with Crippen LogP contribution < -0.4 is 0 Å². The van der Waals surface area contributed by atoms with Crippen LogP contribution in [-0.4, -0.2) is 37.2 Å². The minimum Gasteiger partial charge on any atom is -0.462 e. The Morgan fingerprint density at radius 2 is 0.469 bits per heavy atom. The van der Waals surface area contributed by atoms with Crippen LogP contribution >= 0.6 is 0 Å². The minimum absolute atomic E-state index is 0.130. The van der Waals surface area contributed by atoms with Gasteiger partial charge in [-0.1, -0.05) is 267 Å². The lowest BCUT2D eigenvalue weighted by atomic mass is 10.1. The van der Waals surface area contributed by atoms with Crippen molar-refractivity contribution in [2.24, 2.45) is 0 Å². The number of esters is 3. The summed E-state index contributed by atoms with van der Waals surface area (Å²) in [5.41, 5.74) is 0. The van der Waals surface area contributed by atoms with Crippen LogP contribution in [0.3, 0.4) is 0 Å². The molecule has 6 heteroatoms. The average Bonchev–Trinajstić information content (AvgIpc) is 3.47. The second kappa shape index (κ2) is 66.8. The lowest BCUT2D eigenvalue weighted by molar-refractivity contribution is -0.166. The molecule has 0 aliphatic heterocycles. The summed E-state index contributed by atoms with van der Waals surface area (Å²) in [5.74, 6) is -1.05. The van der Waals surface area contributed by atoms with Gasteiger partial charge in [0.2, 0.25) is 0 Å². The van der Waals surface area contributed by atoms with E-state index in [4.69, 9.17) is 14.2 Å². The van der Waals surface area contributed by atoms with Gasteiger partial charge in [-0.05, 0) is 148 Å².